The molecule has 0 aliphatic rings. The minimum absolute atomic E-state index is 0.00600. The van der Waals surface area contributed by atoms with Crippen LogP contribution in [0.3, 0.4) is 0 Å². The van der Waals surface area contributed by atoms with E-state index in [4.69, 9.17) is 11.6 Å². The zero-order valence-corrected chi connectivity index (χ0v) is 23.5. The van der Waals surface area contributed by atoms with Crippen molar-refractivity contribution in [1.29, 1.82) is 0 Å². The van der Waals surface area contributed by atoms with Gasteiger partial charge in [-0.3, -0.25) is 4.79 Å². The van der Waals surface area contributed by atoms with E-state index in [2.05, 4.69) is 4.98 Å². The smallest absolute Gasteiger partial charge is 0.361 e. The Bertz CT molecular complexity index is 1570. The molecule has 40 heavy (non-hydrogen) atoms. The van der Waals surface area contributed by atoms with Crippen LogP contribution in [0.4, 0.5) is 13.2 Å². The number of nitrogens with zero attached hydrogens (tertiary/aromatic N) is 2. The van der Waals surface area contributed by atoms with E-state index < -0.39 is 40.3 Å². The van der Waals surface area contributed by atoms with Gasteiger partial charge in [0.15, 0.2) is 0 Å². The molecule has 0 bridgehead atoms. The Morgan fingerprint density at radius 3 is 2.25 bits per heavy atom. The van der Waals surface area contributed by atoms with E-state index in [1.54, 1.807) is 13.8 Å². The summed E-state index contributed by atoms with van der Waals surface area (Å²) < 4.78 is 67.2. The molecule has 0 saturated heterocycles. The Kier molecular flexibility index (Phi) is 8.92. The van der Waals surface area contributed by atoms with Crippen LogP contribution in [-0.2, 0) is 34.0 Å². The third-order valence-electron chi connectivity index (χ3n) is 6.62. The van der Waals surface area contributed by atoms with Gasteiger partial charge >= 0.3 is 6.18 Å². The molecule has 1 amide bonds. The lowest BCUT2D eigenvalue weighted by molar-refractivity contribution is -0.137. The van der Waals surface area contributed by atoms with Gasteiger partial charge in [0.2, 0.25) is 15.9 Å². The van der Waals surface area contributed by atoms with Gasteiger partial charge in [-0.25, -0.2) is 8.42 Å². The van der Waals surface area contributed by atoms with Gasteiger partial charge in [0.25, 0.3) is 0 Å². The number of carbonyl (C=O) groups is 1. The maximum atomic E-state index is 13.7. The highest BCUT2D eigenvalue weighted by atomic mass is 35.5. The van der Waals surface area contributed by atoms with Crippen LogP contribution in [0.1, 0.15) is 30.5 Å². The van der Waals surface area contributed by atoms with Crippen molar-refractivity contribution in [2.75, 3.05) is 13.1 Å². The molecule has 3 aromatic carbocycles. The van der Waals surface area contributed by atoms with Gasteiger partial charge in [0, 0.05) is 41.3 Å². The Morgan fingerprint density at radius 1 is 0.975 bits per heavy atom. The second-order valence-corrected chi connectivity index (χ2v) is 12.0. The van der Waals surface area contributed by atoms with Gasteiger partial charge < -0.3 is 9.88 Å². The first-order chi connectivity index (χ1) is 18.9. The maximum absolute atomic E-state index is 13.7. The van der Waals surface area contributed by atoms with E-state index in [1.807, 2.05) is 30.5 Å². The normalized spacial score (nSPS) is 12.4. The minimum atomic E-state index is -4.48. The van der Waals surface area contributed by atoms with E-state index in [0.717, 1.165) is 32.9 Å². The highest BCUT2D eigenvalue weighted by Crippen LogP contribution is 2.29. The molecule has 1 heterocycles. The first-order valence-corrected chi connectivity index (χ1v) is 14.4. The predicted molar refractivity (Wildman–Crippen MR) is 149 cm³/mol. The third-order valence-corrected chi connectivity index (χ3v) is 8.91. The van der Waals surface area contributed by atoms with Crippen LogP contribution >= 0.6 is 11.6 Å². The van der Waals surface area contributed by atoms with Crippen molar-refractivity contribution in [2.45, 2.75) is 43.9 Å². The first kappa shape index (κ1) is 29.6. The maximum Gasteiger partial charge on any atom is 0.416 e. The molecule has 0 radical (unpaired) electrons. The topological polar surface area (TPSA) is 73.5 Å². The lowest BCUT2D eigenvalue weighted by Gasteiger charge is -2.29. The molecule has 0 fully saturated rings. The number of hydrogen-bond donors (Lipinski definition) is 1. The average Bonchev–Trinajstić information content (AvgIpc) is 3.32. The van der Waals surface area contributed by atoms with Gasteiger partial charge in [0.05, 0.1) is 17.0 Å². The third kappa shape index (κ3) is 6.86. The van der Waals surface area contributed by atoms with Crippen molar-refractivity contribution in [2.24, 2.45) is 0 Å². The van der Waals surface area contributed by atoms with Crippen LogP contribution in [0.15, 0.2) is 83.9 Å². The quantitative estimate of drug-likeness (QED) is 0.228. The van der Waals surface area contributed by atoms with E-state index in [9.17, 15) is 26.4 Å². The number of hydrogen-bond acceptors (Lipinski definition) is 3. The number of carbonyl (C=O) groups excluding carboxylic acids is 1. The molecule has 0 aliphatic heterocycles. The highest BCUT2D eigenvalue weighted by Gasteiger charge is 2.32. The fourth-order valence-corrected chi connectivity index (χ4v) is 6.14. The second-order valence-electron chi connectivity index (χ2n) is 9.72. The SMILES string of the molecule is CC(C)N(CC(=O)N(CCc1c[nH]c2ccccc12)Cc1ccc(C(F)(F)F)cc1)S(=O)(=O)c1ccc(Cl)cc1. The molecule has 0 saturated carbocycles. The van der Waals surface area contributed by atoms with Gasteiger partial charge in [-0.15, -0.1) is 0 Å². The molecule has 11 heteroatoms. The van der Waals surface area contributed by atoms with Crippen molar-refractivity contribution >= 4 is 38.4 Å². The number of sulfonamides is 1. The lowest BCUT2D eigenvalue weighted by atomic mass is 10.1. The minimum Gasteiger partial charge on any atom is -0.361 e. The summed E-state index contributed by atoms with van der Waals surface area (Å²) >= 11 is 5.92. The summed E-state index contributed by atoms with van der Waals surface area (Å²) in [6, 6.07) is 17.5. The number of aromatic amines is 1. The number of amides is 1. The number of alkyl halides is 3. The summed E-state index contributed by atoms with van der Waals surface area (Å²) in [7, 11) is -4.03. The van der Waals surface area contributed by atoms with Crippen molar-refractivity contribution in [3.05, 3.63) is 101 Å². The zero-order valence-electron chi connectivity index (χ0n) is 22.0. The number of aromatic nitrogens is 1. The molecule has 6 nitrogen and oxygen atoms in total. The van der Waals surface area contributed by atoms with Crippen LogP contribution in [0, 0.1) is 0 Å². The number of halogens is 4. The summed E-state index contributed by atoms with van der Waals surface area (Å²) in [6.45, 7) is 3.16. The first-order valence-electron chi connectivity index (χ1n) is 12.6. The molecule has 0 atom stereocenters. The zero-order chi connectivity index (χ0) is 29.1. The van der Waals surface area contributed by atoms with Crippen LogP contribution in [0.5, 0.6) is 0 Å². The monoisotopic (exact) mass is 591 g/mol. The molecule has 4 aromatic rings. The van der Waals surface area contributed by atoms with Crippen molar-refractivity contribution in [3.8, 4) is 0 Å². The summed E-state index contributed by atoms with van der Waals surface area (Å²) in [6.07, 6.45) is -2.16. The summed E-state index contributed by atoms with van der Waals surface area (Å²) in [5.74, 6) is -0.467. The van der Waals surface area contributed by atoms with E-state index in [1.165, 1.54) is 41.3 Å². The molecular formula is C29H29ClF3N3O3S. The number of fused-ring (bicyclic) bond motifs is 1. The number of rotatable bonds is 10. The van der Waals surface area contributed by atoms with Crippen LogP contribution in [0.2, 0.25) is 5.02 Å². The summed E-state index contributed by atoms with van der Waals surface area (Å²) in [5.41, 5.74) is 1.62. The Labute approximate surface area is 236 Å². The predicted octanol–water partition coefficient (Wildman–Crippen LogP) is 6.51. The van der Waals surface area contributed by atoms with Crippen molar-refractivity contribution < 1.29 is 26.4 Å². The highest BCUT2D eigenvalue weighted by molar-refractivity contribution is 7.89. The average molecular weight is 592 g/mol. The molecule has 0 aliphatic carbocycles. The van der Waals surface area contributed by atoms with E-state index >= 15 is 0 Å². The number of H-pyrrole nitrogens is 1. The summed E-state index contributed by atoms with van der Waals surface area (Å²) in [5, 5.41) is 1.38. The lowest BCUT2D eigenvalue weighted by Crippen LogP contribution is -2.46. The molecule has 4 rings (SSSR count). The Morgan fingerprint density at radius 2 is 1.62 bits per heavy atom. The molecule has 0 spiro atoms. The summed E-state index contributed by atoms with van der Waals surface area (Å²) in [4.78, 5) is 18.3. The molecule has 212 valence electrons. The van der Waals surface area contributed by atoms with E-state index in [0.29, 0.717) is 17.0 Å². The fraction of sp³-hybridized carbons (Fsp3) is 0.276. The van der Waals surface area contributed by atoms with Crippen molar-refractivity contribution in [3.63, 3.8) is 0 Å². The van der Waals surface area contributed by atoms with Gasteiger partial charge in [-0.2, -0.15) is 17.5 Å². The van der Waals surface area contributed by atoms with Gasteiger partial charge in [0.1, 0.15) is 0 Å². The number of nitrogens with one attached hydrogen (secondary N) is 1. The molecule has 1 aromatic heterocycles. The second kappa shape index (κ2) is 12.0. The van der Waals surface area contributed by atoms with Gasteiger partial charge in [-0.05, 0) is 73.9 Å². The number of benzene rings is 3. The molecule has 0 unspecified atom stereocenters. The van der Waals surface area contributed by atoms with Crippen molar-refractivity contribution in [1.82, 2.24) is 14.2 Å². The standard InChI is InChI=1S/C29H29ClF3N3O3S/c1-20(2)36(40(38,39)25-13-11-24(30)12-14-25)19-28(37)35(18-21-7-9-23(10-8-21)29(31,32)33)16-15-22-17-34-27-6-4-3-5-26(22)27/h3-14,17,20,34H,15-16,18-19H2,1-2H3. The Balaban J connectivity index is 1.60. The van der Waals surface area contributed by atoms with Crippen LogP contribution in [-0.4, -0.2) is 47.6 Å². The van der Waals surface area contributed by atoms with Crippen LogP contribution in [0.25, 0.3) is 10.9 Å². The molecular weight excluding hydrogens is 563 g/mol. The number of para-hydroxylation sites is 1. The molecule has 1 N–H and O–H groups in total. The fourth-order valence-electron chi connectivity index (χ4n) is 4.43. The van der Waals surface area contributed by atoms with E-state index in [-0.39, 0.29) is 18.0 Å². The van der Waals surface area contributed by atoms with Crippen LogP contribution < -0.4 is 0 Å². The largest absolute Gasteiger partial charge is 0.416 e. The van der Waals surface area contributed by atoms with Gasteiger partial charge in [-0.1, -0.05) is 41.9 Å². The Hall–Kier alpha value is -3.34.